The number of hydrogen-bond acceptors (Lipinski definition) is 3. The van der Waals surface area contributed by atoms with Gasteiger partial charge in [0.2, 0.25) is 11.8 Å². The molecule has 0 aromatic heterocycles. The van der Waals surface area contributed by atoms with Gasteiger partial charge in [-0.1, -0.05) is 20.8 Å². The number of carbonyl (C=O) groups is 3. The zero-order chi connectivity index (χ0) is 18.9. The van der Waals surface area contributed by atoms with Gasteiger partial charge in [0.15, 0.2) is 0 Å². The lowest BCUT2D eigenvalue weighted by Crippen LogP contribution is -2.53. The molecule has 6 heteroatoms. The average molecular weight is 357 g/mol. The summed E-state index contributed by atoms with van der Waals surface area (Å²) in [7, 11) is 0. The minimum Gasteiger partial charge on any atom is -0.339 e. The van der Waals surface area contributed by atoms with E-state index in [0.29, 0.717) is 38.2 Å². The molecule has 2 fully saturated rings. The molecule has 3 amide bonds. The highest BCUT2D eigenvalue weighted by atomic mass is 16.2. The van der Waals surface area contributed by atoms with Gasteiger partial charge in [0.1, 0.15) is 0 Å². The Morgan fingerprint density at radius 3 is 1.96 bits per heavy atom. The van der Waals surface area contributed by atoms with Crippen LogP contribution in [0.4, 0.5) is 5.69 Å². The van der Waals surface area contributed by atoms with Crippen molar-refractivity contribution in [3.63, 3.8) is 0 Å². The molecule has 2 heterocycles. The molecule has 0 radical (unpaired) electrons. The molecular weight excluding hydrogens is 330 g/mol. The van der Waals surface area contributed by atoms with Crippen molar-refractivity contribution in [3.8, 4) is 0 Å². The van der Waals surface area contributed by atoms with Gasteiger partial charge in [-0.15, -0.1) is 0 Å². The highest BCUT2D eigenvalue weighted by molar-refractivity contribution is 5.97. The largest absolute Gasteiger partial charge is 0.339 e. The number of amides is 3. The number of nitrogens with zero attached hydrogens (tertiary/aromatic N) is 3. The molecule has 0 spiro atoms. The normalized spacial score (nSPS) is 18.4. The van der Waals surface area contributed by atoms with Gasteiger partial charge < -0.3 is 14.7 Å². The molecule has 0 atom stereocenters. The number of hydrogen-bond donors (Lipinski definition) is 0. The molecule has 0 N–H and O–H groups in total. The second-order valence-electron chi connectivity index (χ2n) is 8.03. The van der Waals surface area contributed by atoms with Crippen LogP contribution in [0.2, 0.25) is 0 Å². The highest BCUT2D eigenvalue weighted by Crippen LogP contribution is 2.23. The van der Waals surface area contributed by atoms with Crippen LogP contribution in [0.5, 0.6) is 0 Å². The zero-order valence-electron chi connectivity index (χ0n) is 15.8. The molecule has 1 aromatic rings. The third kappa shape index (κ3) is 3.74. The first kappa shape index (κ1) is 18.4. The Morgan fingerprint density at radius 1 is 0.885 bits per heavy atom. The summed E-state index contributed by atoms with van der Waals surface area (Å²) in [5.74, 6) is 0.250. The summed E-state index contributed by atoms with van der Waals surface area (Å²) in [6.07, 6.45) is 1.48. The molecule has 0 unspecified atom stereocenters. The lowest BCUT2D eigenvalue weighted by Gasteiger charge is -2.37. The van der Waals surface area contributed by atoms with E-state index in [1.807, 2.05) is 37.8 Å². The molecule has 6 nitrogen and oxygen atoms in total. The van der Waals surface area contributed by atoms with E-state index in [4.69, 9.17) is 0 Å². The summed E-state index contributed by atoms with van der Waals surface area (Å²) < 4.78 is 0. The maximum Gasteiger partial charge on any atom is 0.253 e. The van der Waals surface area contributed by atoms with Crippen molar-refractivity contribution in [1.82, 2.24) is 9.80 Å². The number of carbonyl (C=O) groups excluding carboxylic acids is 3. The van der Waals surface area contributed by atoms with Crippen molar-refractivity contribution in [1.29, 1.82) is 0 Å². The molecule has 2 saturated heterocycles. The maximum absolute atomic E-state index is 12.7. The monoisotopic (exact) mass is 357 g/mol. The van der Waals surface area contributed by atoms with Crippen LogP contribution in [0.3, 0.4) is 0 Å². The van der Waals surface area contributed by atoms with Crippen LogP contribution in [-0.4, -0.2) is 60.2 Å². The minimum atomic E-state index is -0.394. The lowest BCUT2D eigenvalue weighted by molar-refractivity contribution is -0.140. The van der Waals surface area contributed by atoms with Crippen molar-refractivity contribution in [2.75, 3.05) is 37.6 Å². The average Bonchev–Trinajstić information content (AvgIpc) is 3.06. The minimum absolute atomic E-state index is 0.0212. The predicted molar refractivity (Wildman–Crippen MR) is 100.0 cm³/mol. The second-order valence-corrected chi connectivity index (χ2v) is 8.03. The van der Waals surface area contributed by atoms with Crippen molar-refractivity contribution >= 4 is 23.4 Å². The topological polar surface area (TPSA) is 60.9 Å². The number of piperazine rings is 1. The third-order valence-corrected chi connectivity index (χ3v) is 5.00. The van der Waals surface area contributed by atoms with Gasteiger partial charge in [0.25, 0.3) is 5.91 Å². The first-order valence-electron chi connectivity index (χ1n) is 9.26. The molecule has 2 aliphatic heterocycles. The summed E-state index contributed by atoms with van der Waals surface area (Å²) in [4.78, 5) is 42.3. The number of rotatable bonds is 2. The fourth-order valence-corrected chi connectivity index (χ4v) is 3.47. The van der Waals surface area contributed by atoms with E-state index in [9.17, 15) is 14.4 Å². The molecule has 2 aliphatic rings. The van der Waals surface area contributed by atoms with Gasteiger partial charge in [0, 0.05) is 55.8 Å². The Balaban J connectivity index is 1.60. The summed E-state index contributed by atoms with van der Waals surface area (Å²) in [6, 6.07) is 7.26. The zero-order valence-corrected chi connectivity index (χ0v) is 15.8. The van der Waals surface area contributed by atoms with Gasteiger partial charge in [-0.05, 0) is 30.7 Å². The van der Waals surface area contributed by atoms with Gasteiger partial charge in [-0.3, -0.25) is 14.4 Å². The van der Waals surface area contributed by atoms with E-state index in [1.165, 1.54) is 0 Å². The van der Waals surface area contributed by atoms with E-state index < -0.39 is 5.41 Å². The molecule has 0 bridgehead atoms. The van der Waals surface area contributed by atoms with E-state index in [-0.39, 0.29) is 17.7 Å². The first-order chi connectivity index (χ1) is 12.3. The van der Waals surface area contributed by atoms with E-state index >= 15 is 0 Å². The Labute approximate surface area is 154 Å². The van der Waals surface area contributed by atoms with Crippen LogP contribution >= 0.6 is 0 Å². The van der Waals surface area contributed by atoms with Crippen molar-refractivity contribution in [2.24, 2.45) is 5.41 Å². The Bertz CT molecular complexity index is 698. The van der Waals surface area contributed by atoms with Crippen molar-refractivity contribution in [2.45, 2.75) is 33.6 Å². The molecule has 0 aliphatic carbocycles. The summed E-state index contributed by atoms with van der Waals surface area (Å²) in [5, 5.41) is 0. The van der Waals surface area contributed by atoms with Gasteiger partial charge in [-0.2, -0.15) is 0 Å². The number of benzene rings is 1. The predicted octanol–water partition coefficient (Wildman–Crippen LogP) is 2.14. The fourth-order valence-electron chi connectivity index (χ4n) is 3.47. The second kappa shape index (κ2) is 7.09. The van der Waals surface area contributed by atoms with Crippen LogP contribution < -0.4 is 4.90 Å². The first-order valence-corrected chi connectivity index (χ1v) is 9.26. The lowest BCUT2D eigenvalue weighted by atomic mass is 9.94. The Kier molecular flexibility index (Phi) is 5.03. The van der Waals surface area contributed by atoms with Crippen LogP contribution in [-0.2, 0) is 9.59 Å². The van der Waals surface area contributed by atoms with E-state index in [2.05, 4.69) is 0 Å². The Morgan fingerprint density at radius 2 is 1.46 bits per heavy atom. The summed E-state index contributed by atoms with van der Waals surface area (Å²) >= 11 is 0. The van der Waals surface area contributed by atoms with Crippen LogP contribution in [0.15, 0.2) is 24.3 Å². The third-order valence-electron chi connectivity index (χ3n) is 5.00. The van der Waals surface area contributed by atoms with Gasteiger partial charge in [0.05, 0.1) is 0 Å². The molecule has 26 heavy (non-hydrogen) atoms. The molecule has 0 saturated carbocycles. The fraction of sp³-hybridized carbons (Fsp3) is 0.550. The number of anilines is 1. The van der Waals surface area contributed by atoms with Crippen LogP contribution in [0.25, 0.3) is 0 Å². The molecule has 1 aromatic carbocycles. The van der Waals surface area contributed by atoms with Gasteiger partial charge >= 0.3 is 0 Å². The molecule has 3 rings (SSSR count). The van der Waals surface area contributed by atoms with Crippen LogP contribution in [0, 0.1) is 5.41 Å². The van der Waals surface area contributed by atoms with Gasteiger partial charge in [-0.25, -0.2) is 0 Å². The van der Waals surface area contributed by atoms with Crippen LogP contribution in [0.1, 0.15) is 44.0 Å². The van der Waals surface area contributed by atoms with E-state index in [1.54, 1.807) is 21.9 Å². The van der Waals surface area contributed by atoms with Crippen molar-refractivity contribution in [3.05, 3.63) is 29.8 Å². The maximum atomic E-state index is 12.7. The smallest absolute Gasteiger partial charge is 0.253 e. The standard InChI is InChI=1S/C20H27N3O3/c1-20(2,3)19(26)22-13-11-21(12-14-22)18(25)15-6-8-16(9-7-15)23-10-4-5-17(23)24/h6-9H,4-5,10-14H2,1-3H3. The SMILES string of the molecule is CC(C)(C)C(=O)N1CCN(C(=O)c2ccc(N3CCCC3=O)cc2)CC1. The quantitative estimate of drug-likeness (QED) is 0.815. The highest BCUT2D eigenvalue weighted by Gasteiger charge is 2.31. The van der Waals surface area contributed by atoms with E-state index in [0.717, 1.165) is 18.7 Å². The molecular formula is C20H27N3O3. The summed E-state index contributed by atoms with van der Waals surface area (Å²) in [5.41, 5.74) is 1.08. The molecule has 140 valence electrons. The van der Waals surface area contributed by atoms with Crippen molar-refractivity contribution < 1.29 is 14.4 Å². The Hall–Kier alpha value is -2.37. The summed E-state index contributed by atoms with van der Waals surface area (Å²) in [6.45, 7) is 8.74.